The second-order valence-corrected chi connectivity index (χ2v) is 6.79. The number of nitrogens with one attached hydrogen (secondary N) is 1. The van der Waals surface area contributed by atoms with Crippen LogP contribution in [0.1, 0.15) is 16.3 Å². The van der Waals surface area contributed by atoms with E-state index in [2.05, 4.69) is 36.8 Å². The van der Waals surface area contributed by atoms with Crippen molar-refractivity contribution in [2.75, 3.05) is 5.32 Å². The molecule has 1 N–H and O–H groups in total. The average Bonchev–Trinajstić information content (AvgIpc) is 3.19. The third-order valence-electron chi connectivity index (χ3n) is 4.32. The lowest BCUT2D eigenvalue weighted by molar-refractivity contribution is 0.101. The molecule has 0 bridgehead atoms. The van der Waals surface area contributed by atoms with Crippen molar-refractivity contribution in [3.8, 4) is 5.69 Å². The van der Waals surface area contributed by atoms with Gasteiger partial charge in [-0.3, -0.25) is 4.79 Å². The number of anilines is 1. The number of aryl methyl sites for hydroxylation is 2. The minimum Gasteiger partial charge on any atom is -0.339 e. The van der Waals surface area contributed by atoms with E-state index in [-0.39, 0.29) is 11.6 Å². The highest BCUT2D eigenvalue weighted by molar-refractivity contribution is 9.10. The number of carbonyl (C=O) groups excluding carboxylic acids is 1. The number of aromatic nitrogens is 5. The van der Waals surface area contributed by atoms with E-state index in [9.17, 15) is 9.18 Å². The molecular weight excluding hydrogens is 415 g/mol. The zero-order valence-corrected chi connectivity index (χ0v) is 16.0. The monoisotopic (exact) mass is 428 g/mol. The Hall–Kier alpha value is -3.07. The van der Waals surface area contributed by atoms with Crippen LogP contribution in [0.15, 0.2) is 46.9 Å². The van der Waals surface area contributed by atoms with Gasteiger partial charge in [0.05, 0.1) is 4.47 Å². The van der Waals surface area contributed by atoms with Crippen molar-refractivity contribution in [2.24, 2.45) is 7.05 Å². The van der Waals surface area contributed by atoms with Gasteiger partial charge in [0.15, 0.2) is 5.82 Å². The Kier molecular flexibility index (Phi) is 4.23. The Morgan fingerprint density at radius 2 is 2.00 bits per heavy atom. The highest BCUT2D eigenvalue weighted by Crippen LogP contribution is 2.31. The molecule has 27 heavy (non-hydrogen) atoms. The Labute approximate surface area is 161 Å². The fraction of sp³-hybridized carbons (Fsp3) is 0.111. The van der Waals surface area contributed by atoms with Gasteiger partial charge < -0.3 is 9.88 Å². The van der Waals surface area contributed by atoms with E-state index in [0.717, 1.165) is 10.9 Å². The van der Waals surface area contributed by atoms with Gasteiger partial charge in [0.25, 0.3) is 5.91 Å². The highest BCUT2D eigenvalue weighted by atomic mass is 79.9. The number of tetrazole rings is 1. The maximum atomic E-state index is 14.2. The molecule has 0 aliphatic rings. The molecule has 0 fully saturated rings. The van der Waals surface area contributed by atoms with Crippen LogP contribution in [0.3, 0.4) is 0 Å². The van der Waals surface area contributed by atoms with Crippen molar-refractivity contribution in [2.45, 2.75) is 6.92 Å². The number of benzene rings is 2. The summed E-state index contributed by atoms with van der Waals surface area (Å²) in [5, 5.41) is 14.8. The number of hydrogen-bond acceptors (Lipinski definition) is 4. The molecule has 9 heteroatoms. The predicted octanol–water partition coefficient (Wildman–Crippen LogP) is 3.62. The number of amides is 1. The first kappa shape index (κ1) is 17.3. The third kappa shape index (κ3) is 2.89. The lowest BCUT2D eigenvalue weighted by atomic mass is 10.2. The molecule has 0 atom stereocenters. The lowest BCUT2D eigenvalue weighted by Gasteiger charge is -2.10. The van der Waals surface area contributed by atoms with E-state index < -0.39 is 5.82 Å². The van der Waals surface area contributed by atoms with Crippen LogP contribution in [0, 0.1) is 12.7 Å². The number of halogens is 2. The first-order valence-electron chi connectivity index (χ1n) is 8.06. The molecule has 2 aromatic carbocycles. The molecule has 0 aliphatic heterocycles. The Morgan fingerprint density at radius 3 is 2.70 bits per heavy atom. The first-order chi connectivity index (χ1) is 13.0. The van der Waals surface area contributed by atoms with Crippen molar-refractivity contribution in [1.82, 2.24) is 24.8 Å². The molecule has 2 aromatic heterocycles. The van der Waals surface area contributed by atoms with Crippen molar-refractivity contribution in [3.05, 3.63) is 64.3 Å². The number of hydrogen-bond donors (Lipinski definition) is 1. The number of carbonyl (C=O) groups is 1. The van der Waals surface area contributed by atoms with E-state index >= 15 is 0 Å². The maximum Gasteiger partial charge on any atom is 0.273 e. The Morgan fingerprint density at radius 1 is 1.22 bits per heavy atom. The average molecular weight is 429 g/mol. The zero-order valence-electron chi connectivity index (χ0n) is 14.4. The number of nitrogens with zero attached hydrogens (tertiary/aromatic N) is 5. The lowest BCUT2D eigenvalue weighted by Crippen LogP contribution is -2.16. The summed E-state index contributed by atoms with van der Waals surface area (Å²) in [6, 6.07) is 12.0. The molecule has 0 radical (unpaired) electrons. The molecule has 0 saturated carbocycles. The van der Waals surface area contributed by atoms with Crippen LogP contribution in [-0.4, -0.2) is 30.7 Å². The quantitative estimate of drug-likeness (QED) is 0.540. The Bertz CT molecular complexity index is 1140. The number of fused-ring (bicyclic) bond motifs is 1. The minimum atomic E-state index is -0.491. The second kappa shape index (κ2) is 6.58. The Balaban J connectivity index is 1.71. The fourth-order valence-electron chi connectivity index (χ4n) is 3.00. The molecule has 1 amide bonds. The van der Waals surface area contributed by atoms with Gasteiger partial charge in [0, 0.05) is 23.6 Å². The van der Waals surface area contributed by atoms with Gasteiger partial charge in [-0.25, -0.2) is 4.39 Å². The largest absolute Gasteiger partial charge is 0.339 e. The normalized spacial score (nSPS) is 11.1. The summed E-state index contributed by atoms with van der Waals surface area (Å²) in [5.74, 6) is -0.366. The smallest absolute Gasteiger partial charge is 0.273 e. The van der Waals surface area contributed by atoms with E-state index in [0.29, 0.717) is 21.7 Å². The minimum absolute atomic E-state index is 0.159. The molecule has 4 rings (SSSR count). The van der Waals surface area contributed by atoms with Crippen LogP contribution in [0.2, 0.25) is 0 Å². The molecule has 2 heterocycles. The molecule has 0 saturated heterocycles. The van der Waals surface area contributed by atoms with Crippen LogP contribution < -0.4 is 5.32 Å². The van der Waals surface area contributed by atoms with Gasteiger partial charge in [0.1, 0.15) is 17.2 Å². The molecule has 0 aliphatic carbocycles. The van der Waals surface area contributed by atoms with Crippen LogP contribution in [-0.2, 0) is 7.05 Å². The summed E-state index contributed by atoms with van der Waals surface area (Å²) in [7, 11) is 1.82. The summed E-state index contributed by atoms with van der Waals surface area (Å²) >= 11 is 3.51. The summed E-state index contributed by atoms with van der Waals surface area (Å²) in [6.45, 7) is 1.66. The third-order valence-corrected chi connectivity index (χ3v) is 5.12. The summed E-state index contributed by atoms with van der Waals surface area (Å²) in [4.78, 5) is 12.9. The van der Waals surface area contributed by atoms with Crippen molar-refractivity contribution < 1.29 is 9.18 Å². The van der Waals surface area contributed by atoms with Gasteiger partial charge in [-0.1, -0.05) is 18.2 Å². The fourth-order valence-corrected chi connectivity index (χ4v) is 3.78. The standard InChI is InChI=1S/C18H14BrFN6O/c1-10-22-23-24-26(10)15-9-11(7-8-13(15)20)21-18(27)17-16(19)12-5-3-4-6-14(12)25(17)2/h3-9H,1-2H3,(H,21,27). The van der Waals surface area contributed by atoms with Gasteiger partial charge in [-0.05, 0) is 57.5 Å². The molecule has 136 valence electrons. The highest BCUT2D eigenvalue weighted by Gasteiger charge is 2.20. The predicted molar refractivity (Wildman–Crippen MR) is 102 cm³/mol. The topological polar surface area (TPSA) is 77.6 Å². The SMILES string of the molecule is Cc1nnnn1-c1cc(NC(=O)c2c(Br)c3ccccc3n2C)ccc1F. The van der Waals surface area contributed by atoms with Crippen LogP contribution in [0.25, 0.3) is 16.6 Å². The second-order valence-electron chi connectivity index (χ2n) is 6.00. The van der Waals surface area contributed by atoms with Gasteiger partial charge in [-0.15, -0.1) is 5.10 Å². The van der Waals surface area contributed by atoms with Gasteiger partial charge >= 0.3 is 0 Å². The summed E-state index contributed by atoms with van der Waals surface area (Å²) in [5.41, 5.74) is 1.99. The maximum absolute atomic E-state index is 14.2. The first-order valence-corrected chi connectivity index (χ1v) is 8.86. The van der Waals surface area contributed by atoms with Crippen LogP contribution in [0.4, 0.5) is 10.1 Å². The summed E-state index contributed by atoms with van der Waals surface area (Å²) in [6.07, 6.45) is 0. The van der Waals surface area contributed by atoms with Crippen molar-refractivity contribution in [3.63, 3.8) is 0 Å². The molecule has 0 spiro atoms. The van der Waals surface area contributed by atoms with E-state index in [1.165, 1.54) is 22.9 Å². The molecule has 4 aromatic rings. The van der Waals surface area contributed by atoms with E-state index in [1.54, 1.807) is 6.92 Å². The molecular formula is C18H14BrFN6O. The zero-order chi connectivity index (χ0) is 19.1. The van der Waals surface area contributed by atoms with Gasteiger partial charge in [0.2, 0.25) is 0 Å². The number of para-hydroxylation sites is 1. The number of rotatable bonds is 3. The van der Waals surface area contributed by atoms with Crippen molar-refractivity contribution in [1.29, 1.82) is 0 Å². The van der Waals surface area contributed by atoms with E-state index in [1.807, 2.05) is 35.9 Å². The summed E-state index contributed by atoms with van der Waals surface area (Å²) < 4.78 is 18.0. The van der Waals surface area contributed by atoms with Crippen molar-refractivity contribution >= 4 is 38.4 Å². The molecule has 7 nitrogen and oxygen atoms in total. The molecule has 0 unspecified atom stereocenters. The van der Waals surface area contributed by atoms with Crippen LogP contribution >= 0.6 is 15.9 Å². The van der Waals surface area contributed by atoms with Crippen LogP contribution in [0.5, 0.6) is 0 Å². The van der Waals surface area contributed by atoms with Gasteiger partial charge in [-0.2, -0.15) is 4.68 Å². The van der Waals surface area contributed by atoms with E-state index in [4.69, 9.17) is 0 Å².